The molecule has 134 valence electrons. The van der Waals surface area contributed by atoms with E-state index in [0.717, 1.165) is 15.6 Å². The number of nitrogens with one attached hydrogen (secondary N) is 1. The fraction of sp³-hybridized carbons (Fsp3) is 0.300. The fourth-order valence-electron chi connectivity index (χ4n) is 2.43. The van der Waals surface area contributed by atoms with Crippen molar-refractivity contribution in [3.8, 4) is 11.5 Å². The zero-order valence-electron chi connectivity index (χ0n) is 14.5. The molecule has 0 radical (unpaired) electrons. The van der Waals surface area contributed by atoms with Gasteiger partial charge in [-0.1, -0.05) is 24.8 Å². The first-order chi connectivity index (χ1) is 12.0. The fourth-order valence-corrected chi connectivity index (χ4v) is 3.04. The van der Waals surface area contributed by atoms with E-state index in [1.54, 1.807) is 18.2 Å². The zero-order valence-corrected chi connectivity index (χ0v) is 16.1. The minimum absolute atomic E-state index is 0.0294. The molecule has 1 atom stereocenters. The lowest BCUT2D eigenvalue weighted by Gasteiger charge is -2.17. The van der Waals surface area contributed by atoms with Crippen molar-refractivity contribution in [3.05, 3.63) is 70.5 Å². The summed E-state index contributed by atoms with van der Waals surface area (Å²) in [6, 6.07) is 10.6. The molecule has 0 heterocycles. The molecular weight excluding hydrogens is 385 g/mol. The van der Waals surface area contributed by atoms with E-state index in [-0.39, 0.29) is 11.9 Å². The molecular formula is C20H23BrFNO2. The molecule has 0 aromatic heterocycles. The maximum Gasteiger partial charge on any atom is 0.175 e. The second-order valence-electron chi connectivity index (χ2n) is 5.60. The molecule has 2 aromatic carbocycles. The molecule has 5 heteroatoms. The summed E-state index contributed by atoms with van der Waals surface area (Å²) in [4.78, 5) is 0. The van der Waals surface area contributed by atoms with Crippen LogP contribution in [0.2, 0.25) is 0 Å². The standard InChI is InChI=1S/C20H23BrFNO2/c1-4-9-25-20-18(21)10-15(11-19(20)24-5-2)13-23-14(3)16-7-6-8-17(22)12-16/h4,6-8,10-12,14,23H,1,5,9,13H2,2-3H3. The predicted octanol–water partition coefficient (Wildman–Crippen LogP) is 5.40. The van der Waals surface area contributed by atoms with Crippen LogP contribution in [0.3, 0.4) is 0 Å². The maximum absolute atomic E-state index is 13.4. The Morgan fingerprint density at radius 3 is 2.76 bits per heavy atom. The molecule has 1 unspecified atom stereocenters. The smallest absolute Gasteiger partial charge is 0.175 e. The zero-order chi connectivity index (χ0) is 18.2. The van der Waals surface area contributed by atoms with Gasteiger partial charge in [0.25, 0.3) is 0 Å². The van der Waals surface area contributed by atoms with Crippen LogP contribution >= 0.6 is 15.9 Å². The molecule has 2 aromatic rings. The Bertz CT molecular complexity index is 721. The van der Waals surface area contributed by atoms with Crippen LogP contribution in [-0.4, -0.2) is 13.2 Å². The molecule has 0 spiro atoms. The highest BCUT2D eigenvalue weighted by Gasteiger charge is 2.13. The minimum atomic E-state index is -0.226. The molecule has 0 saturated heterocycles. The van der Waals surface area contributed by atoms with Gasteiger partial charge in [0.05, 0.1) is 11.1 Å². The van der Waals surface area contributed by atoms with Gasteiger partial charge in [0, 0.05) is 12.6 Å². The summed E-state index contributed by atoms with van der Waals surface area (Å²) < 4.78 is 25.6. The molecule has 2 rings (SSSR count). The molecule has 25 heavy (non-hydrogen) atoms. The van der Waals surface area contributed by atoms with Gasteiger partial charge in [-0.3, -0.25) is 0 Å². The molecule has 0 amide bonds. The van der Waals surface area contributed by atoms with Crippen molar-refractivity contribution < 1.29 is 13.9 Å². The second-order valence-corrected chi connectivity index (χ2v) is 6.45. The molecule has 0 saturated carbocycles. The quantitative estimate of drug-likeness (QED) is 0.564. The van der Waals surface area contributed by atoms with Gasteiger partial charge in [0.15, 0.2) is 11.5 Å². The SMILES string of the molecule is C=CCOc1c(Br)cc(CNC(C)c2cccc(F)c2)cc1OCC. The summed E-state index contributed by atoms with van der Waals surface area (Å²) in [5, 5.41) is 3.40. The Balaban J connectivity index is 2.12. The number of hydrogen-bond donors (Lipinski definition) is 1. The van der Waals surface area contributed by atoms with E-state index in [4.69, 9.17) is 9.47 Å². The lowest BCUT2D eigenvalue weighted by molar-refractivity contribution is 0.295. The van der Waals surface area contributed by atoms with Gasteiger partial charge in [-0.15, -0.1) is 0 Å². The maximum atomic E-state index is 13.4. The molecule has 3 nitrogen and oxygen atoms in total. The molecule has 0 aliphatic carbocycles. The van der Waals surface area contributed by atoms with Crippen LogP contribution < -0.4 is 14.8 Å². The number of benzene rings is 2. The molecule has 0 fully saturated rings. The number of rotatable bonds is 9. The monoisotopic (exact) mass is 407 g/mol. The number of halogens is 2. The molecule has 0 aliphatic heterocycles. The predicted molar refractivity (Wildman–Crippen MR) is 103 cm³/mol. The molecule has 1 N–H and O–H groups in total. The first-order valence-corrected chi connectivity index (χ1v) is 9.02. The van der Waals surface area contributed by atoms with Crippen LogP contribution in [0, 0.1) is 5.82 Å². The van der Waals surface area contributed by atoms with E-state index in [1.165, 1.54) is 6.07 Å². The van der Waals surface area contributed by atoms with E-state index in [1.807, 2.05) is 32.0 Å². The molecule has 0 aliphatic rings. The normalized spacial score (nSPS) is 11.8. The van der Waals surface area contributed by atoms with Crippen molar-refractivity contribution in [1.29, 1.82) is 0 Å². The first-order valence-electron chi connectivity index (χ1n) is 8.23. The van der Waals surface area contributed by atoms with Crippen LogP contribution in [0.5, 0.6) is 11.5 Å². The van der Waals surface area contributed by atoms with Crippen molar-refractivity contribution >= 4 is 15.9 Å². The highest BCUT2D eigenvalue weighted by molar-refractivity contribution is 9.10. The summed E-state index contributed by atoms with van der Waals surface area (Å²) in [6.45, 7) is 9.19. The third-order valence-electron chi connectivity index (χ3n) is 3.68. The van der Waals surface area contributed by atoms with Crippen molar-refractivity contribution in [2.24, 2.45) is 0 Å². The average Bonchev–Trinajstić information content (AvgIpc) is 2.59. The van der Waals surface area contributed by atoms with Crippen molar-refractivity contribution in [1.82, 2.24) is 5.32 Å². The van der Waals surface area contributed by atoms with E-state index < -0.39 is 0 Å². The summed E-state index contributed by atoms with van der Waals surface area (Å²) in [5.41, 5.74) is 1.96. The third kappa shape index (κ3) is 5.58. The summed E-state index contributed by atoms with van der Waals surface area (Å²) in [5.74, 6) is 1.13. The van der Waals surface area contributed by atoms with Crippen LogP contribution in [0.15, 0.2) is 53.5 Å². The topological polar surface area (TPSA) is 30.5 Å². The van der Waals surface area contributed by atoms with Crippen LogP contribution in [0.1, 0.15) is 31.0 Å². The number of hydrogen-bond acceptors (Lipinski definition) is 3. The van der Waals surface area contributed by atoms with Gasteiger partial charge in [-0.05, 0) is 65.2 Å². The summed E-state index contributed by atoms with van der Waals surface area (Å²) in [6.07, 6.45) is 1.69. The van der Waals surface area contributed by atoms with Crippen LogP contribution in [0.4, 0.5) is 4.39 Å². The third-order valence-corrected chi connectivity index (χ3v) is 4.26. The Morgan fingerprint density at radius 2 is 2.08 bits per heavy atom. The first kappa shape index (κ1) is 19.5. The van der Waals surface area contributed by atoms with Crippen LogP contribution in [0.25, 0.3) is 0 Å². The minimum Gasteiger partial charge on any atom is -0.490 e. The van der Waals surface area contributed by atoms with Gasteiger partial charge < -0.3 is 14.8 Å². The Morgan fingerprint density at radius 1 is 1.28 bits per heavy atom. The second kappa shape index (κ2) is 9.59. The van der Waals surface area contributed by atoms with Gasteiger partial charge in [0.2, 0.25) is 0 Å². The number of ether oxygens (including phenoxy) is 2. The average molecular weight is 408 g/mol. The summed E-state index contributed by atoms with van der Waals surface area (Å²) >= 11 is 3.54. The highest BCUT2D eigenvalue weighted by atomic mass is 79.9. The lowest BCUT2D eigenvalue weighted by atomic mass is 10.1. The van der Waals surface area contributed by atoms with Crippen molar-refractivity contribution in [2.75, 3.05) is 13.2 Å². The largest absolute Gasteiger partial charge is 0.490 e. The van der Waals surface area contributed by atoms with E-state index >= 15 is 0 Å². The van der Waals surface area contributed by atoms with E-state index in [0.29, 0.717) is 31.3 Å². The Kier molecular flexibility index (Phi) is 7.47. The van der Waals surface area contributed by atoms with Gasteiger partial charge in [-0.25, -0.2) is 4.39 Å². The highest BCUT2D eigenvalue weighted by Crippen LogP contribution is 2.37. The van der Waals surface area contributed by atoms with E-state index in [9.17, 15) is 4.39 Å². The van der Waals surface area contributed by atoms with Gasteiger partial charge >= 0.3 is 0 Å². The molecule has 0 bridgehead atoms. The Labute approximate surface area is 157 Å². The van der Waals surface area contributed by atoms with E-state index in [2.05, 4.69) is 27.8 Å². The van der Waals surface area contributed by atoms with Crippen molar-refractivity contribution in [3.63, 3.8) is 0 Å². The Hall–Kier alpha value is -1.85. The summed E-state index contributed by atoms with van der Waals surface area (Å²) in [7, 11) is 0. The lowest BCUT2D eigenvalue weighted by Crippen LogP contribution is -2.18. The van der Waals surface area contributed by atoms with Gasteiger partial charge in [-0.2, -0.15) is 0 Å². The van der Waals surface area contributed by atoms with Gasteiger partial charge in [0.1, 0.15) is 12.4 Å². The van der Waals surface area contributed by atoms with Crippen LogP contribution in [-0.2, 0) is 6.54 Å². The van der Waals surface area contributed by atoms with Crippen molar-refractivity contribution in [2.45, 2.75) is 26.4 Å².